The van der Waals surface area contributed by atoms with Crippen LogP contribution in [0, 0.1) is 17.0 Å². The standard InChI is InChI=1S/C16H26N2O2/c1-4-5-6-7-8-9-14(3)17-15-10-11-16(18(19)20)13(2)12-15/h10-12,14,17H,4-9H2,1-3H3. The van der Waals surface area contributed by atoms with Gasteiger partial charge in [0.25, 0.3) is 5.69 Å². The van der Waals surface area contributed by atoms with Gasteiger partial charge in [-0.1, -0.05) is 39.0 Å². The average Bonchev–Trinajstić information content (AvgIpc) is 2.38. The number of anilines is 1. The van der Waals surface area contributed by atoms with Crippen molar-refractivity contribution in [1.82, 2.24) is 0 Å². The highest BCUT2D eigenvalue weighted by atomic mass is 16.6. The summed E-state index contributed by atoms with van der Waals surface area (Å²) in [6.45, 7) is 6.16. The van der Waals surface area contributed by atoms with E-state index in [2.05, 4.69) is 19.2 Å². The van der Waals surface area contributed by atoms with Crippen LogP contribution in [0.25, 0.3) is 0 Å². The van der Waals surface area contributed by atoms with E-state index in [1.807, 2.05) is 6.07 Å². The zero-order chi connectivity index (χ0) is 15.0. The second kappa shape index (κ2) is 8.56. The largest absolute Gasteiger partial charge is 0.383 e. The van der Waals surface area contributed by atoms with Gasteiger partial charge in [-0.05, 0) is 32.4 Å². The number of unbranched alkanes of at least 4 members (excludes halogenated alkanes) is 4. The summed E-state index contributed by atoms with van der Waals surface area (Å²) in [7, 11) is 0. The number of nitro groups is 1. The zero-order valence-corrected chi connectivity index (χ0v) is 12.8. The van der Waals surface area contributed by atoms with Crippen molar-refractivity contribution in [2.45, 2.75) is 65.3 Å². The summed E-state index contributed by atoms with van der Waals surface area (Å²) in [6.07, 6.45) is 7.58. The maximum atomic E-state index is 10.8. The topological polar surface area (TPSA) is 55.2 Å². The first-order chi connectivity index (χ1) is 9.54. The van der Waals surface area contributed by atoms with Gasteiger partial charge in [0, 0.05) is 23.4 Å². The molecule has 112 valence electrons. The minimum atomic E-state index is -0.337. The maximum Gasteiger partial charge on any atom is 0.272 e. The molecule has 0 amide bonds. The Morgan fingerprint density at radius 3 is 2.55 bits per heavy atom. The number of benzene rings is 1. The minimum absolute atomic E-state index is 0.183. The van der Waals surface area contributed by atoms with E-state index in [0.29, 0.717) is 11.6 Å². The van der Waals surface area contributed by atoms with Crippen molar-refractivity contribution in [3.8, 4) is 0 Å². The first kappa shape index (κ1) is 16.5. The van der Waals surface area contributed by atoms with Crippen molar-refractivity contribution in [2.24, 2.45) is 0 Å². The summed E-state index contributed by atoms with van der Waals surface area (Å²) < 4.78 is 0. The third-order valence-corrected chi connectivity index (χ3v) is 3.55. The summed E-state index contributed by atoms with van der Waals surface area (Å²) in [4.78, 5) is 10.4. The first-order valence-corrected chi connectivity index (χ1v) is 7.56. The van der Waals surface area contributed by atoms with Gasteiger partial charge in [0.05, 0.1) is 4.92 Å². The molecule has 0 heterocycles. The Balaban J connectivity index is 2.40. The fourth-order valence-corrected chi connectivity index (χ4v) is 2.36. The van der Waals surface area contributed by atoms with E-state index in [4.69, 9.17) is 0 Å². The molecule has 1 N–H and O–H groups in total. The van der Waals surface area contributed by atoms with Crippen molar-refractivity contribution in [3.05, 3.63) is 33.9 Å². The van der Waals surface area contributed by atoms with Crippen LogP contribution in [-0.2, 0) is 0 Å². The van der Waals surface area contributed by atoms with Gasteiger partial charge in [-0.15, -0.1) is 0 Å². The van der Waals surface area contributed by atoms with Crippen LogP contribution in [-0.4, -0.2) is 11.0 Å². The van der Waals surface area contributed by atoms with Crippen molar-refractivity contribution >= 4 is 11.4 Å². The van der Waals surface area contributed by atoms with Crippen LogP contribution < -0.4 is 5.32 Å². The number of rotatable bonds is 9. The van der Waals surface area contributed by atoms with E-state index in [-0.39, 0.29) is 10.6 Å². The third kappa shape index (κ3) is 5.59. The van der Waals surface area contributed by atoms with Gasteiger partial charge in [-0.25, -0.2) is 0 Å². The lowest BCUT2D eigenvalue weighted by molar-refractivity contribution is -0.385. The molecule has 1 aromatic rings. The smallest absolute Gasteiger partial charge is 0.272 e. The molecule has 0 fully saturated rings. The molecule has 0 saturated carbocycles. The SMILES string of the molecule is CCCCCCCC(C)Nc1ccc([N+](=O)[O-])c(C)c1. The zero-order valence-electron chi connectivity index (χ0n) is 12.8. The van der Waals surface area contributed by atoms with Gasteiger partial charge < -0.3 is 5.32 Å². The van der Waals surface area contributed by atoms with Gasteiger partial charge in [-0.3, -0.25) is 10.1 Å². The molecule has 1 atom stereocenters. The Hall–Kier alpha value is -1.58. The van der Waals surface area contributed by atoms with E-state index in [9.17, 15) is 10.1 Å². The van der Waals surface area contributed by atoms with Crippen LogP contribution in [0.15, 0.2) is 18.2 Å². The molecule has 1 rings (SSSR count). The molecule has 0 aliphatic heterocycles. The van der Waals surface area contributed by atoms with Crippen LogP contribution >= 0.6 is 0 Å². The monoisotopic (exact) mass is 278 g/mol. The molecule has 4 nitrogen and oxygen atoms in total. The number of aryl methyl sites for hydroxylation is 1. The van der Waals surface area contributed by atoms with Crippen LogP contribution in [0.2, 0.25) is 0 Å². The molecule has 0 aliphatic carbocycles. The summed E-state index contributed by atoms with van der Waals surface area (Å²) >= 11 is 0. The average molecular weight is 278 g/mol. The van der Waals surface area contributed by atoms with Gasteiger partial charge in [0.2, 0.25) is 0 Å². The number of hydrogen-bond acceptors (Lipinski definition) is 3. The predicted octanol–water partition coefficient (Wildman–Crippen LogP) is 5.06. The summed E-state index contributed by atoms with van der Waals surface area (Å²) in [6, 6.07) is 5.62. The highest BCUT2D eigenvalue weighted by molar-refractivity contribution is 5.53. The Morgan fingerprint density at radius 1 is 1.25 bits per heavy atom. The molecule has 0 saturated heterocycles. The van der Waals surface area contributed by atoms with Gasteiger partial charge >= 0.3 is 0 Å². The number of hydrogen-bond donors (Lipinski definition) is 1. The molecule has 0 aromatic heterocycles. The molecule has 0 spiro atoms. The molecular weight excluding hydrogens is 252 g/mol. The van der Waals surface area contributed by atoms with Gasteiger partial charge in [0.1, 0.15) is 0 Å². The molecule has 0 aliphatic rings. The predicted molar refractivity (Wildman–Crippen MR) is 84.3 cm³/mol. The Morgan fingerprint density at radius 2 is 1.95 bits per heavy atom. The van der Waals surface area contributed by atoms with Crippen molar-refractivity contribution in [3.63, 3.8) is 0 Å². The van der Waals surface area contributed by atoms with E-state index >= 15 is 0 Å². The Labute approximate surface area is 121 Å². The third-order valence-electron chi connectivity index (χ3n) is 3.55. The van der Waals surface area contributed by atoms with Crippen LogP contribution in [0.1, 0.15) is 57.9 Å². The lowest BCUT2D eigenvalue weighted by Gasteiger charge is -2.15. The molecular formula is C16H26N2O2. The minimum Gasteiger partial charge on any atom is -0.383 e. The second-order valence-corrected chi connectivity index (χ2v) is 5.51. The van der Waals surface area contributed by atoms with E-state index in [1.54, 1.807) is 19.1 Å². The number of nitrogens with one attached hydrogen (secondary N) is 1. The van der Waals surface area contributed by atoms with Crippen LogP contribution in [0.5, 0.6) is 0 Å². The molecule has 1 aromatic carbocycles. The second-order valence-electron chi connectivity index (χ2n) is 5.51. The highest BCUT2D eigenvalue weighted by Gasteiger charge is 2.11. The molecule has 4 heteroatoms. The molecule has 20 heavy (non-hydrogen) atoms. The number of nitrogens with zero attached hydrogens (tertiary/aromatic N) is 1. The quantitative estimate of drug-likeness (QED) is 0.390. The lowest BCUT2D eigenvalue weighted by Crippen LogP contribution is -2.15. The number of nitro benzene ring substituents is 1. The Kier molecular flexibility index (Phi) is 7.05. The molecule has 0 bridgehead atoms. The first-order valence-electron chi connectivity index (χ1n) is 7.56. The lowest BCUT2D eigenvalue weighted by atomic mass is 10.1. The van der Waals surface area contributed by atoms with E-state index in [0.717, 1.165) is 12.1 Å². The Bertz CT molecular complexity index is 432. The maximum absolute atomic E-state index is 10.8. The molecule has 0 radical (unpaired) electrons. The highest BCUT2D eigenvalue weighted by Crippen LogP contribution is 2.22. The van der Waals surface area contributed by atoms with Crippen molar-refractivity contribution in [1.29, 1.82) is 0 Å². The summed E-state index contributed by atoms with van der Waals surface area (Å²) in [5, 5.41) is 14.2. The van der Waals surface area contributed by atoms with E-state index < -0.39 is 0 Å². The fourth-order valence-electron chi connectivity index (χ4n) is 2.36. The fraction of sp³-hybridized carbons (Fsp3) is 0.625. The summed E-state index contributed by atoms with van der Waals surface area (Å²) in [5.74, 6) is 0. The van der Waals surface area contributed by atoms with Crippen LogP contribution in [0.4, 0.5) is 11.4 Å². The van der Waals surface area contributed by atoms with Gasteiger partial charge in [-0.2, -0.15) is 0 Å². The summed E-state index contributed by atoms with van der Waals surface area (Å²) in [5.41, 5.74) is 1.85. The normalized spacial score (nSPS) is 12.2. The van der Waals surface area contributed by atoms with Crippen molar-refractivity contribution < 1.29 is 4.92 Å². The van der Waals surface area contributed by atoms with Crippen LogP contribution in [0.3, 0.4) is 0 Å². The van der Waals surface area contributed by atoms with Gasteiger partial charge in [0.15, 0.2) is 0 Å². The van der Waals surface area contributed by atoms with Crippen molar-refractivity contribution in [2.75, 3.05) is 5.32 Å². The van der Waals surface area contributed by atoms with E-state index in [1.165, 1.54) is 32.1 Å². The molecule has 1 unspecified atom stereocenters.